The van der Waals surface area contributed by atoms with Gasteiger partial charge in [-0.1, -0.05) is 46.3 Å². The van der Waals surface area contributed by atoms with Crippen molar-refractivity contribution >= 4 is 33.4 Å². The van der Waals surface area contributed by atoms with E-state index in [2.05, 4.69) is 33.4 Å². The fourth-order valence-electron chi connectivity index (χ4n) is 3.04. The lowest BCUT2D eigenvalue weighted by Crippen LogP contribution is -2.30. The highest BCUT2D eigenvalue weighted by molar-refractivity contribution is 9.10. The van der Waals surface area contributed by atoms with Crippen LogP contribution in [-0.4, -0.2) is 29.8 Å². The van der Waals surface area contributed by atoms with Gasteiger partial charge < -0.3 is 10.2 Å². The molecule has 0 aromatic heterocycles. The van der Waals surface area contributed by atoms with Crippen molar-refractivity contribution in [2.24, 2.45) is 5.92 Å². The Bertz CT molecular complexity index is 777. The van der Waals surface area contributed by atoms with E-state index in [4.69, 9.17) is 0 Å². The van der Waals surface area contributed by atoms with Gasteiger partial charge in [-0.05, 0) is 42.7 Å². The third kappa shape index (κ3) is 4.48. The molecule has 1 aliphatic rings. The van der Waals surface area contributed by atoms with Crippen LogP contribution in [0.5, 0.6) is 0 Å². The number of likely N-dealkylation sites (tertiary alicyclic amines) is 1. The lowest BCUT2D eigenvalue weighted by Gasteiger charge is -2.16. The van der Waals surface area contributed by atoms with Crippen LogP contribution >= 0.6 is 15.9 Å². The van der Waals surface area contributed by atoms with E-state index < -0.39 is 0 Å². The number of hydrogen-bond acceptors (Lipinski definition) is 2. The Kier molecular flexibility index (Phi) is 5.53. The number of amides is 2. The third-order valence-electron chi connectivity index (χ3n) is 4.52. The molecule has 3 rings (SSSR count). The van der Waals surface area contributed by atoms with Gasteiger partial charge in [0.2, 0.25) is 11.8 Å². The molecule has 5 heteroatoms. The summed E-state index contributed by atoms with van der Waals surface area (Å²) in [5.74, 6) is -0.312. The van der Waals surface area contributed by atoms with Crippen molar-refractivity contribution < 1.29 is 9.59 Å². The molecule has 0 bridgehead atoms. The Balaban J connectivity index is 1.56. The number of halogens is 1. The molecule has 2 amide bonds. The second kappa shape index (κ2) is 7.83. The molecule has 0 aliphatic carbocycles. The molecule has 1 heterocycles. The first-order valence-electron chi connectivity index (χ1n) is 8.41. The predicted octanol–water partition coefficient (Wildman–Crippen LogP) is 3.79. The van der Waals surface area contributed by atoms with Crippen LogP contribution in [0.25, 0.3) is 0 Å². The second-order valence-corrected chi connectivity index (χ2v) is 7.28. The summed E-state index contributed by atoms with van der Waals surface area (Å²) in [7, 11) is 0. The first-order chi connectivity index (χ1) is 12.0. The Morgan fingerprint density at radius 3 is 2.72 bits per heavy atom. The number of aryl methyl sites for hydroxylation is 1. The van der Waals surface area contributed by atoms with Crippen molar-refractivity contribution in [2.45, 2.75) is 19.8 Å². The molecule has 1 unspecified atom stereocenters. The fraction of sp³-hybridized carbons (Fsp3) is 0.300. The molecule has 130 valence electrons. The van der Waals surface area contributed by atoms with Gasteiger partial charge in [-0.15, -0.1) is 0 Å². The van der Waals surface area contributed by atoms with E-state index in [-0.39, 0.29) is 24.2 Å². The fourth-order valence-corrected chi connectivity index (χ4v) is 3.29. The smallest absolute Gasteiger partial charge is 0.229 e. The topological polar surface area (TPSA) is 49.4 Å². The molecular weight excluding hydrogens is 380 g/mol. The number of carbonyl (C=O) groups is 2. The highest BCUT2D eigenvalue weighted by Gasteiger charge is 2.34. The summed E-state index contributed by atoms with van der Waals surface area (Å²) in [4.78, 5) is 26.5. The summed E-state index contributed by atoms with van der Waals surface area (Å²) in [6, 6.07) is 15.8. The number of hydrogen-bond donors (Lipinski definition) is 1. The number of nitrogens with zero attached hydrogens (tertiary/aromatic N) is 1. The van der Waals surface area contributed by atoms with Crippen molar-refractivity contribution in [3.63, 3.8) is 0 Å². The molecular formula is C20H21BrN2O2. The molecule has 4 nitrogen and oxygen atoms in total. The summed E-state index contributed by atoms with van der Waals surface area (Å²) in [5.41, 5.74) is 3.03. The van der Waals surface area contributed by atoms with Gasteiger partial charge in [-0.3, -0.25) is 9.59 Å². The number of anilines is 1. The molecule has 2 aromatic rings. The molecule has 1 atom stereocenters. The average molecular weight is 401 g/mol. The van der Waals surface area contributed by atoms with Gasteiger partial charge in [0.05, 0.1) is 5.92 Å². The van der Waals surface area contributed by atoms with E-state index in [9.17, 15) is 9.59 Å². The minimum Gasteiger partial charge on any atom is -0.342 e. The van der Waals surface area contributed by atoms with Crippen LogP contribution in [0.1, 0.15) is 17.5 Å². The molecule has 1 aliphatic heterocycles. The normalized spacial score (nSPS) is 17.0. The molecule has 1 N–H and O–H groups in total. The Hall–Kier alpha value is -2.14. The number of carbonyl (C=O) groups excluding carboxylic acids is 2. The van der Waals surface area contributed by atoms with Crippen LogP contribution in [0.4, 0.5) is 5.69 Å². The highest BCUT2D eigenvalue weighted by atomic mass is 79.9. The van der Waals surface area contributed by atoms with Crippen molar-refractivity contribution in [1.29, 1.82) is 0 Å². The highest BCUT2D eigenvalue weighted by Crippen LogP contribution is 2.23. The lowest BCUT2D eigenvalue weighted by atomic mass is 10.1. The Labute approximate surface area is 156 Å². The van der Waals surface area contributed by atoms with E-state index in [0.717, 1.165) is 22.1 Å². The van der Waals surface area contributed by atoms with E-state index in [1.807, 2.05) is 43.3 Å². The summed E-state index contributed by atoms with van der Waals surface area (Å²) < 4.78 is 1.01. The van der Waals surface area contributed by atoms with E-state index in [1.165, 1.54) is 5.56 Å². The van der Waals surface area contributed by atoms with Crippen LogP contribution in [-0.2, 0) is 16.0 Å². The predicted molar refractivity (Wildman–Crippen MR) is 102 cm³/mol. The summed E-state index contributed by atoms with van der Waals surface area (Å²) in [6.07, 6.45) is 1.10. The van der Waals surface area contributed by atoms with Crippen molar-refractivity contribution in [1.82, 2.24) is 4.90 Å². The quantitative estimate of drug-likeness (QED) is 0.829. The number of rotatable bonds is 5. The van der Waals surface area contributed by atoms with Crippen molar-refractivity contribution in [2.75, 3.05) is 18.4 Å². The van der Waals surface area contributed by atoms with Crippen molar-refractivity contribution in [3.8, 4) is 0 Å². The van der Waals surface area contributed by atoms with Gasteiger partial charge in [0, 0.05) is 29.7 Å². The maximum Gasteiger partial charge on any atom is 0.229 e. The average Bonchev–Trinajstić information content (AvgIpc) is 2.98. The SMILES string of the molecule is Cc1cc(NC(=O)C2CC(=O)N(CCc3ccccc3)C2)ccc1Br. The van der Waals surface area contributed by atoms with Crippen LogP contribution in [0, 0.1) is 12.8 Å². The second-order valence-electron chi connectivity index (χ2n) is 6.43. The molecule has 0 saturated carbocycles. The monoisotopic (exact) mass is 400 g/mol. The van der Waals surface area contributed by atoms with Gasteiger partial charge >= 0.3 is 0 Å². The minimum absolute atomic E-state index is 0.0584. The Morgan fingerprint density at radius 2 is 2.00 bits per heavy atom. The van der Waals surface area contributed by atoms with Crippen LogP contribution < -0.4 is 5.32 Å². The van der Waals surface area contributed by atoms with Gasteiger partial charge in [-0.25, -0.2) is 0 Å². The van der Waals surface area contributed by atoms with Gasteiger partial charge in [-0.2, -0.15) is 0 Å². The molecule has 0 spiro atoms. The van der Waals surface area contributed by atoms with E-state index in [1.54, 1.807) is 4.90 Å². The van der Waals surface area contributed by atoms with Crippen LogP contribution in [0.15, 0.2) is 53.0 Å². The molecule has 0 radical (unpaired) electrons. The first kappa shape index (κ1) is 17.7. The zero-order valence-corrected chi connectivity index (χ0v) is 15.8. The Morgan fingerprint density at radius 1 is 1.24 bits per heavy atom. The molecule has 25 heavy (non-hydrogen) atoms. The van der Waals surface area contributed by atoms with E-state index >= 15 is 0 Å². The maximum atomic E-state index is 12.5. The first-order valence-corrected chi connectivity index (χ1v) is 9.21. The van der Waals surface area contributed by atoms with Gasteiger partial charge in [0.15, 0.2) is 0 Å². The van der Waals surface area contributed by atoms with Crippen LogP contribution in [0.2, 0.25) is 0 Å². The standard InChI is InChI=1S/C20H21BrN2O2/c1-14-11-17(7-8-18(14)21)22-20(25)16-12-19(24)23(13-16)10-9-15-5-3-2-4-6-15/h2-8,11,16H,9-10,12-13H2,1H3,(H,22,25). The van der Waals surface area contributed by atoms with Crippen LogP contribution in [0.3, 0.4) is 0 Å². The van der Waals surface area contributed by atoms with E-state index in [0.29, 0.717) is 13.1 Å². The summed E-state index contributed by atoms with van der Waals surface area (Å²) in [5, 5.41) is 2.93. The number of benzene rings is 2. The molecule has 1 fully saturated rings. The third-order valence-corrected chi connectivity index (χ3v) is 5.41. The van der Waals surface area contributed by atoms with Crippen molar-refractivity contribution in [3.05, 3.63) is 64.1 Å². The molecule has 2 aromatic carbocycles. The number of nitrogens with one attached hydrogen (secondary N) is 1. The minimum atomic E-state index is -0.285. The largest absolute Gasteiger partial charge is 0.342 e. The summed E-state index contributed by atoms with van der Waals surface area (Å²) in [6.45, 7) is 3.13. The summed E-state index contributed by atoms with van der Waals surface area (Å²) >= 11 is 3.45. The molecule has 1 saturated heterocycles. The van der Waals surface area contributed by atoms with Gasteiger partial charge in [0.25, 0.3) is 0 Å². The maximum absolute atomic E-state index is 12.5. The van der Waals surface area contributed by atoms with Gasteiger partial charge in [0.1, 0.15) is 0 Å². The lowest BCUT2D eigenvalue weighted by molar-refractivity contribution is -0.128. The zero-order valence-electron chi connectivity index (χ0n) is 14.2. The zero-order chi connectivity index (χ0) is 17.8.